The Labute approximate surface area is 161 Å². The molecule has 28 heavy (non-hydrogen) atoms. The quantitative estimate of drug-likeness (QED) is 0.808. The maximum absolute atomic E-state index is 12.8. The highest BCUT2D eigenvalue weighted by Gasteiger charge is 2.55. The Morgan fingerprint density at radius 1 is 1.04 bits per heavy atom. The van der Waals surface area contributed by atoms with Crippen molar-refractivity contribution >= 4 is 29.1 Å². The Balaban J connectivity index is 1.45. The van der Waals surface area contributed by atoms with E-state index >= 15 is 0 Å². The Kier molecular flexibility index (Phi) is 4.60. The lowest BCUT2D eigenvalue weighted by molar-refractivity contribution is -0.123. The molecule has 2 heterocycles. The summed E-state index contributed by atoms with van der Waals surface area (Å²) in [4.78, 5) is 38.9. The van der Waals surface area contributed by atoms with Gasteiger partial charge in [-0.1, -0.05) is 42.5 Å². The lowest BCUT2D eigenvalue weighted by Gasteiger charge is -2.20. The van der Waals surface area contributed by atoms with Crippen LogP contribution >= 0.6 is 0 Å². The highest BCUT2D eigenvalue weighted by Crippen LogP contribution is 2.31. The first-order chi connectivity index (χ1) is 13.6. The van der Waals surface area contributed by atoms with Crippen LogP contribution in [0.25, 0.3) is 0 Å². The fourth-order valence-corrected chi connectivity index (χ4v) is 3.36. The summed E-state index contributed by atoms with van der Waals surface area (Å²) in [5.74, 6) is -1.18. The van der Waals surface area contributed by atoms with Gasteiger partial charge in [-0.05, 0) is 36.2 Å². The van der Waals surface area contributed by atoms with Crippen LogP contribution in [0.5, 0.6) is 0 Å². The van der Waals surface area contributed by atoms with Crippen LogP contribution in [0, 0.1) is 0 Å². The summed E-state index contributed by atoms with van der Waals surface area (Å²) in [6, 6.07) is 14.4. The highest BCUT2D eigenvalue weighted by molar-refractivity contribution is 6.25. The number of nitrogens with one attached hydrogen (secondary N) is 1. The van der Waals surface area contributed by atoms with Gasteiger partial charge in [-0.2, -0.15) is 5.11 Å². The van der Waals surface area contributed by atoms with Gasteiger partial charge in [0.2, 0.25) is 5.91 Å². The zero-order valence-corrected chi connectivity index (χ0v) is 15.3. The molecule has 1 fully saturated rings. The zero-order chi connectivity index (χ0) is 19.7. The van der Waals surface area contributed by atoms with E-state index in [1.807, 2.05) is 24.3 Å². The van der Waals surface area contributed by atoms with Gasteiger partial charge >= 0.3 is 0 Å². The number of carbonyl (C=O) groups excluding carboxylic acids is 3. The minimum absolute atomic E-state index is 0.165. The molecule has 2 aromatic rings. The molecular weight excluding hydrogens is 358 g/mol. The summed E-state index contributed by atoms with van der Waals surface area (Å²) < 4.78 is 0. The van der Waals surface area contributed by atoms with E-state index in [2.05, 4.69) is 22.6 Å². The first-order valence-corrected chi connectivity index (χ1v) is 9.07. The number of fused-ring (bicyclic) bond motifs is 1. The Morgan fingerprint density at radius 3 is 2.43 bits per heavy atom. The number of para-hydroxylation sites is 1. The molecule has 0 aliphatic carbocycles. The molecule has 142 valence electrons. The zero-order valence-electron chi connectivity index (χ0n) is 15.3. The number of nitrogens with zero attached hydrogens (tertiary/aromatic N) is 4. The molecule has 3 amide bonds. The number of aryl methyl sites for hydroxylation is 1. The van der Waals surface area contributed by atoms with Crippen LogP contribution in [0.15, 0.2) is 64.9 Å². The monoisotopic (exact) mass is 377 g/mol. The smallest absolute Gasteiger partial charge is 0.263 e. The van der Waals surface area contributed by atoms with Gasteiger partial charge in [0.05, 0.1) is 5.69 Å². The fraction of sp³-hybridized carbons (Fsp3) is 0.250. The highest BCUT2D eigenvalue weighted by atomic mass is 16.2. The van der Waals surface area contributed by atoms with Crippen LogP contribution in [-0.2, 0) is 20.8 Å². The molecule has 1 N–H and O–H groups in total. The van der Waals surface area contributed by atoms with E-state index in [1.54, 1.807) is 30.3 Å². The summed E-state index contributed by atoms with van der Waals surface area (Å²) >= 11 is 0. The van der Waals surface area contributed by atoms with Crippen LogP contribution in [0.3, 0.4) is 0 Å². The Hall–Kier alpha value is -3.55. The number of rotatable bonds is 5. The second-order valence-corrected chi connectivity index (χ2v) is 6.64. The molecule has 0 radical (unpaired) electrons. The molecule has 8 heteroatoms. The van der Waals surface area contributed by atoms with Gasteiger partial charge in [-0.3, -0.25) is 19.4 Å². The van der Waals surface area contributed by atoms with Gasteiger partial charge < -0.3 is 5.32 Å². The molecule has 4 rings (SSSR count). The number of hydrogen-bond acceptors (Lipinski definition) is 6. The van der Waals surface area contributed by atoms with Crippen LogP contribution in [-0.4, -0.2) is 41.4 Å². The molecule has 2 atom stereocenters. The predicted octanol–water partition coefficient (Wildman–Crippen LogP) is 2.18. The maximum atomic E-state index is 12.8. The number of carbonyl (C=O) groups is 3. The number of anilines is 2. The van der Waals surface area contributed by atoms with Gasteiger partial charge in [0.25, 0.3) is 11.8 Å². The number of hydrogen-bond donors (Lipinski definition) is 1. The normalized spacial score (nSPS) is 20.6. The van der Waals surface area contributed by atoms with Crippen molar-refractivity contribution in [2.45, 2.75) is 25.4 Å². The van der Waals surface area contributed by atoms with E-state index in [0.29, 0.717) is 11.4 Å². The predicted molar refractivity (Wildman–Crippen MR) is 103 cm³/mol. The maximum Gasteiger partial charge on any atom is 0.263 e. The second kappa shape index (κ2) is 7.22. The summed E-state index contributed by atoms with van der Waals surface area (Å²) in [5.41, 5.74) is 2.32. The van der Waals surface area contributed by atoms with E-state index in [1.165, 1.54) is 10.6 Å². The first-order valence-electron chi connectivity index (χ1n) is 9.07. The summed E-state index contributed by atoms with van der Waals surface area (Å²) in [5, 5.41) is 11.9. The van der Waals surface area contributed by atoms with Crippen LogP contribution in [0.1, 0.15) is 12.5 Å². The van der Waals surface area contributed by atoms with E-state index in [0.717, 1.165) is 11.3 Å². The van der Waals surface area contributed by atoms with Gasteiger partial charge in [0, 0.05) is 5.69 Å². The Morgan fingerprint density at radius 2 is 1.75 bits per heavy atom. The van der Waals surface area contributed by atoms with Crippen LogP contribution < -0.4 is 10.2 Å². The minimum Gasteiger partial charge on any atom is -0.324 e. The molecule has 1 saturated heterocycles. The molecule has 0 bridgehead atoms. The summed E-state index contributed by atoms with van der Waals surface area (Å²) in [7, 11) is 0. The largest absolute Gasteiger partial charge is 0.324 e. The van der Waals surface area contributed by atoms with Gasteiger partial charge in [-0.15, -0.1) is 0 Å². The van der Waals surface area contributed by atoms with Crippen molar-refractivity contribution < 1.29 is 14.4 Å². The molecule has 0 spiro atoms. The second-order valence-electron chi connectivity index (χ2n) is 6.64. The Bertz CT molecular complexity index is 942. The molecule has 0 saturated carbocycles. The molecule has 2 aliphatic heterocycles. The molecule has 8 nitrogen and oxygen atoms in total. The van der Waals surface area contributed by atoms with Crippen LogP contribution in [0.2, 0.25) is 0 Å². The van der Waals surface area contributed by atoms with Crippen molar-refractivity contribution in [1.29, 1.82) is 0 Å². The van der Waals surface area contributed by atoms with Gasteiger partial charge in [0.1, 0.15) is 6.54 Å². The van der Waals surface area contributed by atoms with Crippen molar-refractivity contribution in [3.8, 4) is 0 Å². The summed E-state index contributed by atoms with van der Waals surface area (Å²) in [6.45, 7) is 1.89. The molecule has 2 aromatic carbocycles. The van der Waals surface area contributed by atoms with Crippen molar-refractivity contribution in [1.82, 2.24) is 5.01 Å². The molecule has 2 aliphatic rings. The third-order valence-corrected chi connectivity index (χ3v) is 4.82. The lowest BCUT2D eigenvalue weighted by Crippen LogP contribution is -2.43. The summed E-state index contributed by atoms with van der Waals surface area (Å²) in [6.07, 6.45) is 0.916. The number of benzene rings is 2. The van der Waals surface area contributed by atoms with Crippen LogP contribution in [0.4, 0.5) is 11.4 Å². The number of imide groups is 1. The fourth-order valence-electron chi connectivity index (χ4n) is 3.36. The number of amides is 3. The first kappa shape index (κ1) is 17.8. The van der Waals surface area contributed by atoms with Crippen molar-refractivity contribution in [3.63, 3.8) is 0 Å². The SMILES string of the molecule is CCc1ccc(NC(=O)CN2N=N[C@H]3C(=O)N(c4ccccc4)C(=O)[C@@H]32)cc1. The van der Waals surface area contributed by atoms with Crippen molar-refractivity contribution in [2.24, 2.45) is 10.3 Å². The van der Waals surface area contributed by atoms with Gasteiger partial charge in [0.15, 0.2) is 12.1 Å². The molecule has 0 aromatic heterocycles. The van der Waals surface area contributed by atoms with E-state index < -0.39 is 23.9 Å². The third kappa shape index (κ3) is 3.13. The average Bonchev–Trinajstić information content (AvgIpc) is 3.23. The molecular formula is C20H19N5O3. The lowest BCUT2D eigenvalue weighted by atomic mass is 10.1. The third-order valence-electron chi connectivity index (χ3n) is 4.82. The topological polar surface area (TPSA) is 94.4 Å². The average molecular weight is 377 g/mol. The standard InChI is InChI=1S/C20H19N5O3/c1-2-13-8-10-14(11-9-13)21-16(26)12-24-18-17(22-23-24)19(27)25(20(18)28)15-6-4-3-5-7-15/h3-11,17-18H,2,12H2,1H3,(H,21,26)/t17-,18-/m1/s1. The van der Waals surface area contributed by atoms with Crippen molar-refractivity contribution in [3.05, 3.63) is 60.2 Å². The van der Waals surface area contributed by atoms with E-state index in [9.17, 15) is 14.4 Å². The minimum atomic E-state index is -0.913. The van der Waals surface area contributed by atoms with E-state index in [-0.39, 0.29) is 12.5 Å². The molecule has 0 unspecified atom stereocenters. The van der Waals surface area contributed by atoms with Crippen molar-refractivity contribution in [2.75, 3.05) is 16.8 Å². The van der Waals surface area contributed by atoms with E-state index in [4.69, 9.17) is 0 Å². The van der Waals surface area contributed by atoms with Gasteiger partial charge in [-0.25, -0.2) is 4.90 Å².